The molecule has 0 amide bonds. The zero-order valence-corrected chi connectivity index (χ0v) is 16.5. The summed E-state index contributed by atoms with van der Waals surface area (Å²) in [4.78, 5) is 0. The number of benzene rings is 1. The van der Waals surface area contributed by atoms with E-state index in [1.165, 1.54) is 37.7 Å². The third kappa shape index (κ3) is 7.80. The summed E-state index contributed by atoms with van der Waals surface area (Å²) in [5, 5.41) is 4.56. The van der Waals surface area contributed by atoms with Gasteiger partial charge < -0.3 is 5.32 Å². The average molecular weight is 391 g/mol. The monoisotopic (exact) mass is 390 g/mol. The fraction of sp³-hybridized carbons (Fsp3) is 0.667. The highest BCUT2D eigenvalue weighted by molar-refractivity contribution is 7.39. The van der Waals surface area contributed by atoms with Crippen LogP contribution >= 0.6 is 31.2 Å². The fourth-order valence-electron chi connectivity index (χ4n) is 3.05. The van der Waals surface area contributed by atoms with E-state index >= 15 is 0 Å². The molecule has 6 heteroatoms. The zero-order chi connectivity index (χ0) is 17.2. The minimum absolute atomic E-state index is 0.571. The van der Waals surface area contributed by atoms with Gasteiger partial charge in [0.1, 0.15) is 6.61 Å². The van der Waals surface area contributed by atoms with E-state index in [1.807, 2.05) is 18.2 Å². The molecule has 0 radical (unpaired) electrons. The first-order chi connectivity index (χ1) is 11.6. The molecule has 1 aliphatic rings. The van der Waals surface area contributed by atoms with Crippen LogP contribution in [-0.2, 0) is 15.5 Å². The van der Waals surface area contributed by atoms with E-state index in [2.05, 4.69) is 5.32 Å². The van der Waals surface area contributed by atoms with Gasteiger partial charge >= 0.3 is 8.03 Å². The second-order valence-electron chi connectivity index (χ2n) is 6.45. The van der Waals surface area contributed by atoms with E-state index in [9.17, 15) is 4.57 Å². The third-order valence-electron chi connectivity index (χ3n) is 4.44. The van der Waals surface area contributed by atoms with Gasteiger partial charge in [-0.2, -0.15) is 0 Å². The van der Waals surface area contributed by atoms with E-state index < -0.39 is 8.03 Å². The van der Waals surface area contributed by atoms with Gasteiger partial charge in [-0.15, -0.1) is 4.52 Å². The maximum Gasteiger partial charge on any atom is 0.508 e. The Hall–Kier alpha value is -0.180. The van der Waals surface area contributed by atoms with Crippen LogP contribution in [-0.4, -0.2) is 25.9 Å². The molecule has 0 spiro atoms. The third-order valence-corrected chi connectivity index (χ3v) is 6.46. The molecule has 1 aliphatic carbocycles. The lowest BCUT2D eigenvalue weighted by atomic mass is 9.91. The molecule has 0 heterocycles. The first kappa shape index (κ1) is 20.1. The second kappa shape index (κ2) is 11.4. The van der Waals surface area contributed by atoms with Crippen LogP contribution < -0.4 is 5.32 Å². The van der Waals surface area contributed by atoms with Crippen LogP contribution in [0.15, 0.2) is 18.2 Å². The predicted molar refractivity (Wildman–Crippen MR) is 103 cm³/mol. The summed E-state index contributed by atoms with van der Waals surface area (Å²) in [6.45, 7) is 2.32. The number of rotatable bonds is 10. The molecule has 24 heavy (non-hydrogen) atoms. The van der Waals surface area contributed by atoms with Gasteiger partial charge in [-0.1, -0.05) is 48.5 Å². The molecule has 1 atom stereocenters. The summed E-state index contributed by atoms with van der Waals surface area (Å²) in [5.41, 5.74) is 1.17. The molecule has 1 unspecified atom stereocenters. The highest BCUT2D eigenvalue weighted by atomic mass is 35.5. The topological polar surface area (TPSA) is 38.3 Å². The standard InChI is InChI=1S/C18H27Cl2NO2P/c19-17-8-7-15(13-18(17)20)9-11-21-10-4-12-23-24(22)14-16-5-2-1-3-6-16/h7-8,13,16,21H,1-6,9-12,14H2/q+1. The first-order valence-electron chi connectivity index (χ1n) is 8.87. The molecular formula is C18H27Cl2NO2P+. The average Bonchev–Trinajstić information content (AvgIpc) is 2.58. The van der Waals surface area contributed by atoms with Crippen molar-refractivity contribution in [1.82, 2.24) is 5.32 Å². The number of hydrogen-bond donors (Lipinski definition) is 1. The van der Waals surface area contributed by atoms with Crippen molar-refractivity contribution in [3.8, 4) is 0 Å². The van der Waals surface area contributed by atoms with Crippen LogP contribution in [0.3, 0.4) is 0 Å². The molecule has 1 aromatic carbocycles. The van der Waals surface area contributed by atoms with Gasteiger partial charge in [0.2, 0.25) is 0 Å². The molecule has 1 saturated carbocycles. The summed E-state index contributed by atoms with van der Waals surface area (Å²) in [5.74, 6) is 0.617. The largest absolute Gasteiger partial charge is 0.508 e. The van der Waals surface area contributed by atoms with Crippen molar-refractivity contribution >= 4 is 31.2 Å². The van der Waals surface area contributed by atoms with E-state index in [1.54, 1.807) is 0 Å². The van der Waals surface area contributed by atoms with E-state index in [-0.39, 0.29) is 0 Å². The molecule has 3 nitrogen and oxygen atoms in total. The van der Waals surface area contributed by atoms with Crippen molar-refractivity contribution in [2.24, 2.45) is 5.92 Å². The van der Waals surface area contributed by atoms with Crippen molar-refractivity contribution in [3.05, 3.63) is 33.8 Å². The quantitative estimate of drug-likeness (QED) is 0.401. The van der Waals surface area contributed by atoms with Crippen molar-refractivity contribution < 1.29 is 9.09 Å². The summed E-state index contributed by atoms with van der Waals surface area (Å²) in [6, 6.07) is 5.73. The fourth-order valence-corrected chi connectivity index (χ4v) is 4.60. The Morgan fingerprint density at radius 2 is 1.92 bits per heavy atom. The molecule has 0 aliphatic heterocycles. The van der Waals surface area contributed by atoms with Gasteiger partial charge in [-0.3, -0.25) is 0 Å². The number of halogens is 2. The van der Waals surface area contributed by atoms with E-state index in [0.717, 1.165) is 32.1 Å². The van der Waals surface area contributed by atoms with Gasteiger partial charge in [0.25, 0.3) is 0 Å². The van der Waals surface area contributed by atoms with Gasteiger partial charge in [0, 0.05) is 5.92 Å². The van der Waals surface area contributed by atoms with Gasteiger partial charge in [-0.25, -0.2) is 0 Å². The second-order valence-corrected chi connectivity index (χ2v) is 8.56. The summed E-state index contributed by atoms with van der Waals surface area (Å²) < 4.78 is 17.4. The highest BCUT2D eigenvalue weighted by Gasteiger charge is 2.26. The Bertz CT molecular complexity index is 522. The number of nitrogens with one attached hydrogen (secondary N) is 1. The van der Waals surface area contributed by atoms with Crippen molar-refractivity contribution in [2.45, 2.75) is 44.9 Å². The molecule has 1 fully saturated rings. The van der Waals surface area contributed by atoms with Crippen molar-refractivity contribution in [2.75, 3.05) is 25.9 Å². The van der Waals surface area contributed by atoms with E-state index in [0.29, 0.717) is 22.6 Å². The Kier molecular flexibility index (Phi) is 9.60. The molecule has 0 aromatic heterocycles. The van der Waals surface area contributed by atoms with Crippen LogP contribution in [0.5, 0.6) is 0 Å². The zero-order valence-electron chi connectivity index (χ0n) is 14.1. The molecule has 0 bridgehead atoms. The van der Waals surface area contributed by atoms with Crippen molar-refractivity contribution in [1.29, 1.82) is 0 Å². The molecule has 0 saturated heterocycles. The molecular weight excluding hydrogens is 364 g/mol. The maximum atomic E-state index is 11.9. The molecule has 1 N–H and O–H groups in total. The maximum absolute atomic E-state index is 11.9. The van der Waals surface area contributed by atoms with E-state index in [4.69, 9.17) is 27.7 Å². The predicted octanol–water partition coefficient (Wildman–Crippen LogP) is 5.85. The van der Waals surface area contributed by atoms with Crippen LogP contribution in [0, 0.1) is 5.92 Å². The van der Waals surface area contributed by atoms with Gasteiger partial charge in [0.15, 0.2) is 6.16 Å². The molecule has 1 aromatic rings. The first-order valence-corrected chi connectivity index (χ1v) is 11.0. The molecule has 2 rings (SSSR count). The van der Waals surface area contributed by atoms with Crippen LogP contribution in [0.4, 0.5) is 0 Å². The highest BCUT2D eigenvalue weighted by Crippen LogP contribution is 2.33. The minimum atomic E-state index is -1.48. The lowest BCUT2D eigenvalue weighted by Crippen LogP contribution is -2.19. The Balaban J connectivity index is 1.47. The SMILES string of the molecule is O=[P+](CC1CCCCC1)OCCCNCCc1ccc(Cl)c(Cl)c1. The molecule has 134 valence electrons. The smallest absolute Gasteiger partial charge is 0.316 e. The van der Waals surface area contributed by atoms with Crippen LogP contribution in [0.1, 0.15) is 44.1 Å². The summed E-state index contributed by atoms with van der Waals surface area (Å²) in [7, 11) is -1.48. The van der Waals surface area contributed by atoms with Crippen LogP contribution in [0.2, 0.25) is 10.0 Å². The summed E-state index contributed by atoms with van der Waals surface area (Å²) in [6.07, 6.45) is 8.90. The van der Waals surface area contributed by atoms with Gasteiger partial charge in [-0.05, 0) is 61.0 Å². The van der Waals surface area contributed by atoms with Crippen LogP contribution in [0.25, 0.3) is 0 Å². The Morgan fingerprint density at radius 3 is 2.67 bits per heavy atom. The summed E-state index contributed by atoms with van der Waals surface area (Å²) >= 11 is 11.9. The number of hydrogen-bond acceptors (Lipinski definition) is 3. The lowest BCUT2D eigenvalue weighted by Gasteiger charge is -2.16. The van der Waals surface area contributed by atoms with Gasteiger partial charge in [0.05, 0.1) is 10.0 Å². The minimum Gasteiger partial charge on any atom is -0.316 e. The normalized spacial score (nSPS) is 16.3. The Labute approximate surface area is 156 Å². The lowest BCUT2D eigenvalue weighted by molar-refractivity contribution is 0.308. The van der Waals surface area contributed by atoms with Crippen molar-refractivity contribution in [3.63, 3.8) is 0 Å². The Morgan fingerprint density at radius 1 is 1.12 bits per heavy atom.